The predicted molar refractivity (Wildman–Crippen MR) is 264 cm³/mol. The number of ether oxygens (including phenoxy) is 3. The Kier molecular flexibility index (Phi) is 17.4. The molecule has 408 valence electrons. The van der Waals surface area contributed by atoms with Crippen LogP contribution < -0.4 is 30.7 Å². The normalized spacial score (nSPS) is 32.6. The lowest BCUT2D eigenvalue weighted by Crippen LogP contribution is -2.58. The number of amides is 8. The monoisotopic (exact) mass is 1070 g/mol. The summed E-state index contributed by atoms with van der Waals surface area (Å²) in [6.45, 7) is 9.53. The molecule has 4 heterocycles. The van der Waals surface area contributed by atoms with E-state index in [1.807, 2.05) is 21.6 Å². The van der Waals surface area contributed by atoms with Gasteiger partial charge in [-0.3, -0.25) is 38.2 Å². The molecule has 0 spiro atoms. The van der Waals surface area contributed by atoms with Crippen LogP contribution in [0.2, 0.25) is 0 Å². The number of nitrogens with zero attached hydrogens (tertiary/aromatic N) is 2. The predicted octanol–water partition coefficient (Wildman–Crippen LogP) is 1.67. The van der Waals surface area contributed by atoms with Crippen LogP contribution in [0, 0.1) is 11.8 Å². The first-order valence-electron chi connectivity index (χ1n) is 25.2. The van der Waals surface area contributed by atoms with E-state index in [0.29, 0.717) is 51.4 Å². The molecule has 73 heavy (non-hydrogen) atoms. The lowest BCUT2D eigenvalue weighted by atomic mass is 10.0. The van der Waals surface area contributed by atoms with E-state index in [2.05, 4.69) is 21.3 Å². The van der Waals surface area contributed by atoms with Crippen LogP contribution in [0.25, 0.3) is 0 Å². The van der Waals surface area contributed by atoms with Crippen LogP contribution in [0.3, 0.4) is 0 Å². The zero-order valence-corrected chi connectivity index (χ0v) is 44.7. The highest BCUT2D eigenvalue weighted by Crippen LogP contribution is 2.47. The molecule has 0 aromatic carbocycles. The van der Waals surface area contributed by atoms with Gasteiger partial charge in [0.15, 0.2) is 0 Å². The van der Waals surface area contributed by atoms with E-state index < -0.39 is 138 Å². The number of rotatable bonds is 8. The molecule has 6 rings (SSSR count). The Morgan fingerprint density at radius 2 is 0.973 bits per heavy atom. The number of nitrogens with one attached hydrogen (secondary N) is 6. The molecular formula is C48H74N8O15S2. The molecule has 10 unspecified atom stereocenters. The summed E-state index contributed by atoms with van der Waals surface area (Å²) in [6.07, 6.45) is 10.3. The van der Waals surface area contributed by atoms with Gasteiger partial charge >= 0.3 is 12.2 Å². The molecule has 2 saturated carbocycles. The Hall–Kier alpha value is -5.30. The van der Waals surface area contributed by atoms with Gasteiger partial charge in [-0.15, -0.1) is 0 Å². The quantitative estimate of drug-likeness (QED) is 0.189. The van der Waals surface area contributed by atoms with Crippen molar-refractivity contribution in [2.75, 3.05) is 25.6 Å². The third kappa shape index (κ3) is 15.4. The van der Waals surface area contributed by atoms with Gasteiger partial charge in [0.25, 0.3) is 11.8 Å². The smallest absolute Gasteiger partial charge is 0.408 e. The number of carbonyl (C=O) groups is 8. The van der Waals surface area contributed by atoms with Crippen molar-refractivity contribution in [1.82, 2.24) is 40.5 Å². The van der Waals surface area contributed by atoms with Crippen molar-refractivity contribution in [3.63, 3.8) is 0 Å². The van der Waals surface area contributed by atoms with Gasteiger partial charge in [0.2, 0.25) is 43.7 Å². The molecule has 0 aromatic rings. The second kappa shape index (κ2) is 22.3. The lowest BCUT2D eigenvalue weighted by molar-refractivity contribution is -0.141. The topological polar surface area (TPSA) is 311 Å². The van der Waals surface area contributed by atoms with Gasteiger partial charge in [0.05, 0.1) is 24.7 Å². The SMILES string of the molecule is CC(C)(C)OC(=O)NC1CCCCC/C=C\C2CC2(C(=O)NS(C)(=O)=O)NC(=O)C2CC(OC3CC4C(=O)NC5(C(=O)NS(C)(=O)=O)CC5/C=C\CCCCCC(NC(=O)OC(C)(C)C)C(=O)N4C3)CN2C1=O. The average molecular weight is 1070 g/mol. The number of hydrogen-bond acceptors (Lipinski definition) is 15. The number of sulfonamides is 2. The fraction of sp³-hybridized carbons (Fsp3) is 0.750. The fourth-order valence-corrected chi connectivity index (χ4v) is 11.1. The molecule has 6 N–H and O–H groups in total. The molecule has 4 aliphatic heterocycles. The van der Waals surface area contributed by atoms with Crippen LogP contribution in [-0.4, -0.2) is 159 Å². The molecule has 8 amide bonds. The number of fused-ring (bicyclic) bond motifs is 4. The Morgan fingerprint density at radius 1 is 0.603 bits per heavy atom. The molecule has 0 aromatic heterocycles. The second-order valence-corrected chi connectivity index (χ2v) is 25.8. The zero-order chi connectivity index (χ0) is 53.9. The first-order valence-corrected chi connectivity index (χ1v) is 28.9. The van der Waals surface area contributed by atoms with E-state index in [0.717, 1.165) is 12.5 Å². The van der Waals surface area contributed by atoms with Gasteiger partial charge < -0.3 is 45.3 Å². The first kappa shape index (κ1) is 57.0. The number of alkyl carbamates (subject to hydrolysis) is 2. The molecule has 4 fully saturated rings. The Balaban J connectivity index is 1.33. The summed E-state index contributed by atoms with van der Waals surface area (Å²) in [4.78, 5) is 115. The summed E-state index contributed by atoms with van der Waals surface area (Å²) in [5, 5.41) is 10.9. The molecule has 10 atom stereocenters. The number of allylic oxidation sites excluding steroid dienone is 2. The van der Waals surface area contributed by atoms with Crippen LogP contribution >= 0.6 is 0 Å². The minimum atomic E-state index is -4.06. The maximum atomic E-state index is 14.8. The molecular weight excluding hydrogens is 993 g/mol. The Labute approximate surface area is 427 Å². The fourth-order valence-electron chi connectivity index (χ4n) is 10.0. The van der Waals surface area contributed by atoms with Gasteiger partial charge in [-0.2, -0.15) is 0 Å². The van der Waals surface area contributed by atoms with Crippen LogP contribution in [0.4, 0.5) is 9.59 Å². The van der Waals surface area contributed by atoms with Gasteiger partial charge in [-0.1, -0.05) is 50.0 Å². The van der Waals surface area contributed by atoms with Gasteiger partial charge in [-0.05, 0) is 92.9 Å². The van der Waals surface area contributed by atoms with Crippen molar-refractivity contribution < 1.29 is 69.4 Å². The van der Waals surface area contributed by atoms with Crippen molar-refractivity contribution >= 4 is 67.7 Å². The van der Waals surface area contributed by atoms with E-state index in [4.69, 9.17) is 14.2 Å². The average Bonchev–Trinajstić information content (AvgIpc) is 4.00. The van der Waals surface area contributed by atoms with Crippen molar-refractivity contribution in [2.45, 2.75) is 190 Å². The summed E-state index contributed by atoms with van der Waals surface area (Å²) in [5.41, 5.74) is -5.16. The molecule has 25 heteroatoms. The van der Waals surface area contributed by atoms with Crippen molar-refractivity contribution in [1.29, 1.82) is 0 Å². The van der Waals surface area contributed by atoms with E-state index in [9.17, 15) is 55.2 Å². The molecule has 2 saturated heterocycles. The second-order valence-electron chi connectivity index (χ2n) is 22.3. The van der Waals surface area contributed by atoms with Crippen LogP contribution in [0.1, 0.15) is 131 Å². The number of hydrogen-bond donors (Lipinski definition) is 6. The Bertz CT molecular complexity index is 2290. The van der Waals surface area contributed by atoms with Crippen molar-refractivity contribution in [3.05, 3.63) is 24.3 Å². The number of carbonyl (C=O) groups excluding carboxylic acids is 8. The molecule has 23 nitrogen and oxygen atoms in total. The maximum Gasteiger partial charge on any atom is 0.408 e. The minimum Gasteiger partial charge on any atom is -0.444 e. The maximum absolute atomic E-state index is 14.8. The largest absolute Gasteiger partial charge is 0.444 e. The van der Waals surface area contributed by atoms with Crippen molar-refractivity contribution in [2.24, 2.45) is 11.8 Å². The summed E-state index contributed by atoms with van der Waals surface area (Å²) < 4.78 is 70.8. The summed E-state index contributed by atoms with van der Waals surface area (Å²) in [7, 11) is -8.11. The standard InChI is InChI=1S/C48H74N8O15S2/c1-45(2,3)70-43(63)49-33-21-17-13-9-11-15-19-29-25-47(29,41(61)53-72(7,65)66)51-37(57)35-23-31(27-55(35)39(33)59)69-32-24-36-38(58)52-48(42(62)54-73(8,67)68)26-30(48)20-16-12-10-14-18-22-34(40(60)56(36)28-32)50-44(64)71-46(4,5)6/h15-16,19-20,29-36H,9-14,17-18,21-28H2,1-8H3,(H,49,63)(H,50,64)(H,51,57)(H,52,58)(H,53,61)(H,54,62)/b19-15-,20-16-. The zero-order valence-electron chi connectivity index (χ0n) is 43.1. The van der Waals surface area contributed by atoms with E-state index in [1.54, 1.807) is 53.7 Å². The molecule has 0 bridgehead atoms. The summed E-state index contributed by atoms with van der Waals surface area (Å²) in [5.74, 6) is -5.91. The van der Waals surface area contributed by atoms with Gasteiger partial charge in [0.1, 0.15) is 46.4 Å². The highest BCUT2D eigenvalue weighted by Gasteiger charge is 2.63. The minimum absolute atomic E-state index is 0.0768. The van der Waals surface area contributed by atoms with Crippen LogP contribution in [0.15, 0.2) is 24.3 Å². The van der Waals surface area contributed by atoms with Crippen LogP contribution in [0.5, 0.6) is 0 Å². The molecule has 2 aliphatic carbocycles. The highest BCUT2D eigenvalue weighted by molar-refractivity contribution is 7.89. The van der Waals surface area contributed by atoms with Crippen molar-refractivity contribution in [3.8, 4) is 0 Å². The van der Waals surface area contributed by atoms with Gasteiger partial charge in [0, 0.05) is 37.8 Å². The lowest BCUT2D eigenvalue weighted by Gasteiger charge is -2.30. The van der Waals surface area contributed by atoms with E-state index >= 15 is 0 Å². The molecule has 6 aliphatic rings. The highest BCUT2D eigenvalue weighted by atomic mass is 32.2. The molecule has 0 radical (unpaired) electrons. The summed E-state index contributed by atoms with van der Waals surface area (Å²) in [6, 6.07) is -5.00. The Morgan fingerprint density at radius 3 is 1.32 bits per heavy atom. The van der Waals surface area contributed by atoms with E-state index in [1.165, 1.54) is 9.80 Å². The third-order valence-corrected chi connectivity index (χ3v) is 14.7. The third-order valence-electron chi connectivity index (χ3n) is 13.6. The van der Waals surface area contributed by atoms with Gasteiger partial charge in [-0.25, -0.2) is 26.4 Å². The first-order chi connectivity index (χ1) is 33.9. The summed E-state index contributed by atoms with van der Waals surface area (Å²) >= 11 is 0. The van der Waals surface area contributed by atoms with E-state index in [-0.39, 0.29) is 51.6 Å². The van der Waals surface area contributed by atoms with Crippen LogP contribution in [-0.2, 0) is 63.0 Å².